The molecule has 0 spiro atoms. The average molecular weight is 268 g/mol. The fraction of sp³-hybridized carbons (Fsp3) is 0.692. The minimum Gasteiger partial charge on any atom is -0.481 e. The van der Waals surface area contributed by atoms with E-state index >= 15 is 0 Å². The van der Waals surface area contributed by atoms with Gasteiger partial charge in [0.2, 0.25) is 0 Å². The lowest BCUT2D eigenvalue weighted by atomic mass is 9.92. The van der Waals surface area contributed by atoms with E-state index in [0.29, 0.717) is 5.69 Å². The van der Waals surface area contributed by atoms with Crippen LogP contribution in [0, 0.1) is 11.8 Å². The average Bonchev–Trinajstić information content (AvgIpc) is 2.62. The van der Waals surface area contributed by atoms with Crippen molar-refractivity contribution in [1.82, 2.24) is 9.88 Å². The van der Waals surface area contributed by atoms with E-state index in [-0.39, 0.29) is 6.42 Å². The molecule has 0 amide bonds. The molecule has 2 atom stereocenters. The third-order valence-electron chi connectivity index (χ3n) is 3.24. The first kappa shape index (κ1) is 13.5. The van der Waals surface area contributed by atoms with Crippen molar-refractivity contribution in [2.75, 3.05) is 13.1 Å². The minimum atomic E-state index is -0.813. The minimum absolute atomic E-state index is 0.0311. The van der Waals surface area contributed by atoms with Crippen LogP contribution in [0.5, 0.6) is 0 Å². The fourth-order valence-electron chi connectivity index (χ4n) is 2.77. The third-order valence-corrected chi connectivity index (χ3v) is 4.12. The summed E-state index contributed by atoms with van der Waals surface area (Å²) in [5.41, 5.74) is 0.681. The summed E-state index contributed by atoms with van der Waals surface area (Å²) in [7, 11) is 0. The molecule has 1 fully saturated rings. The summed E-state index contributed by atoms with van der Waals surface area (Å²) in [4.78, 5) is 17.4. The van der Waals surface area contributed by atoms with Crippen molar-refractivity contribution >= 4 is 17.3 Å². The topological polar surface area (TPSA) is 53.4 Å². The number of aliphatic carboxylic acids is 1. The van der Waals surface area contributed by atoms with Gasteiger partial charge < -0.3 is 5.11 Å². The summed E-state index contributed by atoms with van der Waals surface area (Å²) in [5.74, 6) is 0.673. The fourth-order valence-corrected chi connectivity index (χ4v) is 3.61. The van der Waals surface area contributed by atoms with E-state index in [1.54, 1.807) is 11.3 Å². The number of nitrogens with zero attached hydrogens (tertiary/aromatic N) is 2. The Labute approximate surface area is 112 Å². The van der Waals surface area contributed by atoms with Gasteiger partial charge in [0.25, 0.3) is 0 Å². The lowest BCUT2D eigenvalue weighted by Gasteiger charge is -2.34. The van der Waals surface area contributed by atoms with Gasteiger partial charge in [-0.2, -0.15) is 0 Å². The first-order valence-corrected chi connectivity index (χ1v) is 7.28. The van der Waals surface area contributed by atoms with Crippen LogP contribution < -0.4 is 0 Å². The van der Waals surface area contributed by atoms with Gasteiger partial charge in [-0.15, -0.1) is 11.3 Å². The summed E-state index contributed by atoms with van der Waals surface area (Å²) < 4.78 is 0. The van der Waals surface area contributed by atoms with Gasteiger partial charge in [-0.05, 0) is 18.3 Å². The first-order chi connectivity index (χ1) is 8.52. The molecule has 0 saturated carbocycles. The standard InChI is InChI=1S/C13H20N2O2S/c1-9-3-10(2)6-15(5-9)7-12-14-11(8-18-12)4-13(16)17/h8-10H,3-7H2,1-2H3,(H,16,17). The molecule has 1 saturated heterocycles. The molecule has 2 unspecified atom stereocenters. The van der Waals surface area contributed by atoms with Gasteiger partial charge in [-0.1, -0.05) is 13.8 Å². The normalized spacial score (nSPS) is 25.2. The van der Waals surface area contributed by atoms with Crippen LogP contribution in [-0.2, 0) is 17.8 Å². The molecule has 1 aromatic heterocycles. The Morgan fingerprint density at radius 1 is 1.50 bits per heavy atom. The molecule has 2 heterocycles. The van der Waals surface area contributed by atoms with E-state index in [4.69, 9.17) is 5.11 Å². The molecule has 5 heteroatoms. The Morgan fingerprint density at radius 2 is 2.17 bits per heavy atom. The molecular weight excluding hydrogens is 248 g/mol. The van der Waals surface area contributed by atoms with Crippen molar-refractivity contribution in [3.05, 3.63) is 16.1 Å². The predicted molar refractivity (Wildman–Crippen MR) is 71.7 cm³/mol. The van der Waals surface area contributed by atoms with Gasteiger partial charge in [0.15, 0.2) is 0 Å². The maximum absolute atomic E-state index is 10.6. The molecule has 0 bridgehead atoms. The number of hydrogen-bond donors (Lipinski definition) is 1. The maximum Gasteiger partial charge on any atom is 0.309 e. The van der Waals surface area contributed by atoms with E-state index in [1.807, 2.05) is 5.38 Å². The highest BCUT2D eigenvalue weighted by atomic mass is 32.1. The lowest BCUT2D eigenvalue weighted by molar-refractivity contribution is -0.136. The predicted octanol–water partition coefficient (Wildman–Crippen LogP) is 2.25. The van der Waals surface area contributed by atoms with Crippen molar-refractivity contribution in [3.63, 3.8) is 0 Å². The van der Waals surface area contributed by atoms with Crippen molar-refractivity contribution in [2.45, 2.75) is 33.2 Å². The molecule has 4 nitrogen and oxygen atoms in total. The van der Waals surface area contributed by atoms with Crippen LogP contribution in [-0.4, -0.2) is 34.0 Å². The van der Waals surface area contributed by atoms with Crippen LogP contribution in [0.2, 0.25) is 0 Å². The van der Waals surface area contributed by atoms with E-state index in [2.05, 4.69) is 23.7 Å². The van der Waals surface area contributed by atoms with Crippen LogP contribution in [0.15, 0.2) is 5.38 Å². The number of carboxylic acids is 1. The number of hydrogen-bond acceptors (Lipinski definition) is 4. The number of piperidine rings is 1. The molecule has 100 valence electrons. The quantitative estimate of drug-likeness (QED) is 0.910. The highest BCUT2D eigenvalue weighted by molar-refractivity contribution is 7.09. The highest BCUT2D eigenvalue weighted by Gasteiger charge is 2.22. The van der Waals surface area contributed by atoms with Crippen LogP contribution in [0.3, 0.4) is 0 Å². The summed E-state index contributed by atoms with van der Waals surface area (Å²) in [6.07, 6.45) is 1.34. The van der Waals surface area contributed by atoms with Crippen LogP contribution in [0.1, 0.15) is 31.0 Å². The second-order valence-electron chi connectivity index (χ2n) is 5.44. The molecule has 0 aliphatic carbocycles. The van der Waals surface area contributed by atoms with Gasteiger partial charge >= 0.3 is 5.97 Å². The summed E-state index contributed by atoms with van der Waals surface area (Å²) in [6, 6.07) is 0. The van der Waals surface area contributed by atoms with E-state index in [9.17, 15) is 4.79 Å². The second kappa shape index (κ2) is 5.80. The molecule has 18 heavy (non-hydrogen) atoms. The monoisotopic (exact) mass is 268 g/mol. The smallest absolute Gasteiger partial charge is 0.309 e. The second-order valence-corrected chi connectivity index (χ2v) is 6.39. The van der Waals surface area contributed by atoms with Crippen LogP contribution in [0.25, 0.3) is 0 Å². The van der Waals surface area contributed by atoms with Crippen molar-refractivity contribution in [3.8, 4) is 0 Å². The SMILES string of the molecule is CC1CC(C)CN(Cc2nc(CC(=O)O)cs2)C1. The molecule has 1 aliphatic heterocycles. The number of aromatic nitrogens is 1. The van der Waals surface area contributed by atoms with Crippen LogP contribution in [0.4, 0.5) is 0 Å². The Bertz CT molecular complexity index is 409. The zero-order valence-corrected chi connectivity index (χ0v) is 11.7. The Morgan fingerprint density at radius 3 is 2.78 bits per heavy atom. The van der Waals surface area contributed by atoms with Crippen molar-refractivity contribution in [2.24, 2.45) is 11.8 Å². The Hall–Kier alpha value is -0.940. The number of carboxylic acid groups (broad SMARTS) is 1. The summed E-state index contributed by atoms with van der Waals surface area (Å²) in [5, 5.41) is 11.6. The maximum atomic E-state index is 10.6. The summed E-state index contributed by atoms with van der Waals surface area (Å²) in [6.45, 7) is 7.69. The summed E-state index contributed by atoms with van der Waals surface area (Å²) >= 11 is 1.57. The van der Waals surface area contributed by atoms with Crippen molar-refractivity contribution < 1.29 is 9.90 Å². The molecule has 1 aliphatic rings. The van der Waals surface area contributed by atoms with Crippen molar-refractivity contribution in [1.29, 1.82) is 0 Å². The molecule has 0 aromatic carbocycles. The van der Waals surface area contributed by atoms with E-state index in [0.717, 1.165) is 36.5 Å². The largest absolute Gasteiger partial charge is 0.481 e. The highest BCUT2D eigenvalue weighted by Crippen LogP contribution is 2.23. The van der Waals surface area contributed by atoms with E-state index in [1.165, 1.54) is 6.42 Å². The molecular formula is C13H20N2O2S. The zero-order valence-electron chi connectivity index (χ0n) is 10.9. The number of carbonyl (C=O) groups is 1. The van der Waals surface area contributed by atoms with Gasteiger partial charge in [0.05, 0.1) is 18.7 Å². The van der Waals surface area contributed by atoms with Crippen LogP contribution >= 0.6 is 11.3 Å². The molecule has 0 radical (unpaired) electrons. The number of rotatable bonds is 4. The van der Waals surface area contributed by atoms with E-state index < -0.39 is 5.97 Å². The zero-order chi connectivity index (χ0) is 13.1. The molecule has 1 N–H and O–H groups in total. The number of thiazole rings is 1. The molecule has 1 aromatic rings. The third kappa shape index (κ3) is 3.78. The van der Waals surface area contributed by atoms with Gasteiger partial charge in [0.1, 0.15) is 5.01 Å². The van der Waals surface area contributed by atoms with Gasteiger partial charge in [0, 0.05) is 18.5 Å². The first-order valence-electron chi connectivity index (χ1n) is 6.40. The Balaban J connectivity index is 1.92. The van der Waals surface area contributed by atoms with Gasteiger partial charge in [-0.3, -0.25) is 9.69 Å². The lowest BCUT2D eigenvalue weighted by Crippen LogP contribution is -2.38. The van der Waals surface area contributed by atoms with Gasteiger partial charge in [-0.25, -0.2) is 4.98 Å². The molecule has 2 rings (SSSR count). The number of likely N-dealkylation sites (tertiary alicyclic amines) is 1. The Kier molecular flexibility index (Phi) is 4.35.